The molecule has 0 radical (unpaired) electrons. The first-order chi connectivity index (χ1) is 10.1. The van der Waals surface area contributed by atoms with Crippen LogP contribution in [0.2, 0.25) is 0 Å². The molecule has 0 aliphatic carbocycles. The standard InChI is InChI=1S/C15H13F2N3O/c1-9-5-4-7-11-13(9)19-15(18)20(11)10-6-2-3-8-12(10)21-14(16)17/h2-8,14H,1H3,(H2,18,19). The van der Waals surface area contributed by atoms with Crippen LogP contribution >= 0.6 is 0 Å². The number of halogens is 2. The number of alkyl halides is 2. The van der Waals surface area contributed by atoms with Crippen LogP contribution in [-0.2, 0) is 0 Å². The number of aryl methyl sites for hydroxylation is 1. The number of para-hydroxylation sites is 3. The molecule has 0 spiro atoms. The summed E-state index contributed by atoms with van der Waals surface area (Å²) >= 11 is 0. The minimum atomic E-state index is -2.90. The van der Waals surface area contributed by atoms with Crippen LogP contribution in [0.1, 0.15) is 5.56 Å². The van der Waals surface area contributed by atoms with Crippen LogP contribution in [0.3, 0.4) is 0 Å². The Bertz CT molecular complexity index is 799. The van der Waals surface area contributed by atoms with Gasteiger partial charge >= 0.3 is 6.61 Å². The lowest BCUT2D eigenvalue weighted by atomic mass is 10.2. The summed E-state index contributed by atoms with van der Waals surface area (Å²) in [5, 5.41) is 0. The lowest BCUT2D eigenvalue weighted by molar-refractivity contribution is -0.0498. The van der Waals surface area contributed by atoms with Gasteiger partial charge < -0.3 is 10.5 Å². The monoisotopic (exact) mass is 289 g/mol. The highest BCUT2D eigenvalue weighted by molar-refractivity contribution is 5.84. The second kappa shape index (κ2) is 5.05. The van der Waals surface area contributed by atoms with E-state index in [2.05, 4.69) is 9.72 Å². The van der Waals surface area contributed by atoms with E-state index in [-0.39, 0.29) is 11.7 Å². The molecule has 0 fully saturated rings. The van der Waals surface area contributed by atoms with Crippen molar-refractivity contribution in [1.82, 2.24) is 9.55 Å². The Hall–Kier alpha value is -2.63. The third-order valence-electron chi connectivity index (χ3n) is 3.24. The predicted octanol–water partition coefficient (Wildman–Crippen LogP) is 3.52. The molecule has 0 aliphatic rings. The number of nitrogens with zero attached hydrogens (tertiary/aromatic N) is 2. The van der Waals surface area contributed by atoms with Crippen molar-refractivity contribution in [2.24, 2.45) is 0 Å². The zero-order valence-electron chi connectivity index (χ0n) is 11.3. The minimum absolute atomic E-state index is 0.0556. The Labute approximate surface area is 119 Å². The van der Waals surface area contributed by atoms with Crippen molar-refractivity contribution in [1.29, 1.82) is 0 Å². The van der Waals surface area contributed by atoms with Crippen LogP contribution in [0, 0.1) is 6.92 Å². The average Bonchev–Trinajstić information content (AvgIpc) is 2.77. The van der Waals surface area contributed by atoms with E-state index >= 15 is 0 Å². The molecule has 0 atom stereocenters. The number of nitrogens with two attached hydrogens (primary N) is 1. The molecule has 4 nitrogen and oxygen atoms in total. The fraction of sp³-hybridized carbons (Fsp3) is 0.133. The summed E-state index contributed by atoms with van der Waals surface area (Å²) in [6, 6.07) is 12.1. The molecule has 0 bridgehead atoms. The fourth-order valence-corrected chi connectivity index (χ4v) is 2.35. The van der Waals surface area contributed by atoms with Crippen LogP contribution in [-0.4, -0.2) is 16.2 Å². The van der Waals surface area contributed by atoms with Crippen molar-refractivity contribution >= 4 is 17.0 Å². The van der Waals surface area contributed by atoms with E-state index in [1.807, 2.05) is 25.1 Å². The van der Waals surface area contributed by atoms with Gasteiger partial charge in [0.15, 0.2) is 0 Å². The molecular formula is C15H13F2N3O. The second-order valence-electron chi connectivity index (χ2n) is 4.59. The fourth-order valence-electron chi connectivity index (χ4n) is 2.35. The van der Waals surface area contributed by atoms with Crippen molar-refractivity contribution < 1.29 is 13.5 Å². The first kappa shape index (κ1) is 13.4. The molecule has 2 N–H and O–H groups in total. The van der Waals surface area contributed by atoms with Gasteiger partial charge in [-0.3, -0.25) is 4.57 Å². The Balaban J connectivity index is 2.26. The van der Waals surface area contributed by atoms with Gasteiger partial charge in [0, 0.05) is 0 Å². The highest BCUT2D eigenvalue weighted by Crippen LogP contribution is 2.31. The number of benzene rings is 2. The average molecular weight is 289 g/mol. The number of nitrogen functional groups attached to an aromatic ring is 1. The number of imidazole rings is 1. The van der Waals surface area contributed by atoms with E-state index in [9.17, 15) is 8.78 Å². The van der Waals surface area contributed by atoms with Gasteiger partial charge in [0.1, 0.15) is 5.75 Å². The van der Waals surface area contributed by atoms with Gasteiger partial charge in [0.05, 0.1) is 16.7 Å². The normalized spacial score (nSPS) is 11.2. The number of ether oxygens (including phenoxy) is 1. The van der Waals surface area contributed by atoms with E-state index in [0.717, 1.165) is 16.6 Å². The molecule has 0 saturated carbocycles. The quantitative estimate of drug-likeness (QED) is 0.802. The Morgan fingerprint density at radius 3 is 2.67 bits per heavy atom. The minimum Gasteiger partial charge on any atom is -0.433 e. The number of anilines is 1. The molecule has 0 saturated heterocycles. The zero-order chi connectivity index (χ0) is 15.0. The summed E-state index contributed by atoms with van der Waals surface area (Å²) in [6.45, 7) is -0.982. The number of hydrogen-bond acceptors (Lipinski definition) is 3. The van der Waals surface area contributed by atoms with E-state index in [0.29, 0.717) is 5.69 Å². The van der Waals surface area contributed by atoms with E-state index in [1.165, 1.54) is 6.07 Å². The van der Waals surface area contributed by atoms with Gasteiger partial charge in [0.25, 0.3) is 0 Å². The molecule has 3 aromatic rings. The van der Waals surface area contributed by atoms with Crippen molar-refractivity contribution in [3.05, 3.63) is 48.0 Å². The zero-order valence-corrected chi connectivity index (χ0v) is 11.3. The highest BCUT2D eigenvalue weighted by atomic mass is 19.3. The van der Waals surface area contributed by atoms with E-state index in [1.54, 1.807) is 22.8 Å². The van der Waals surface area contributed by atoms with E-state index in [4.69, 9.17) is 5.73 Å². The third-order valence-corrected chi connectivity index (χ3v) is 3.24. The molecule has 0 amide bonds. The predicted molar refractivity (Wildman–Crippen MR) is 76.9 cm³/mol. The first-order valence-corrected chi connectivity index (χ1v) is 6.35. The summed E-state index contributed by atoms with van der Waals surface area (Å²) in [6.07, 6.45) is 0. The lowest BCUT2D eigenvalue weighted by Crippen LogP contribution is -2.07. The number of fused-ring (bicyclic) bond motifs is 1. The SMILES string of the molecule is Cc1cccc2c1nc(N)n2-c1ccccc1OC(F)F. The van der Waals surface area contributed by atoms with Crippen LogP contribution in [0.4, 0.5) is 14.7 Å². The number of aromatic nitrogens is 2. The molecule has 0 unspecified atom stereocenters. The van der Waals surface area contributed by atoms with Gasteiger partial charge in [-0.2, -0.15) is 8.78 Å². The molecule has 0 aliphatic heterocycles. The molecule has 1 aromatic heterocycles. The van der Waals surface area contributed by atoms with Crippen LogP contribution in [0.25, 0.3) is 16.7 Å². The van der Waals surface area contributed by atoms with Gasteiger partial charge in [-0.15, -0.1) is 0 Å². The summed E-state index contributed by atoms with van der Waals surface area (Å²) < 4.78 is 31.3. The van der Waals surface area contributed by atoms with Crippen molar-refractivity contribution in [2.45, 2.75) is 13.5 Å². The van der Waals surface area contributed by atoms with Gasteiger partial charge in [0.2, 0.25) is 5.95 Å². The smallest absolute Gasteiger partial charge is 0.387 e. The van der Waals surface area contributed by atoms with Gasteiger partial charge in [-0.25, -0.2) is 4.98 Å². The maximum Gasteiger partial charge on any atom is 0.387 e. The van der Waals surface area contributed by atoms with Crippen molar-refractivity contribution in [2.75, 3.05) is 5.73 Å². The molecular weight excluding hydrogens is 276 g/mol. The summed E-state index contributed by atoms with van der Waals surface area (Å²) in [7, 11) is 0. The van der Waals surface area contributed by atoms with E-state index < -0.39 is 6.61 Å². The molecule has 1 heterocycles. The molecule has 21 heavy (non-hydrogen) atoms. The first-order valence-electron chi connectivity index (χ1n) is 6.35. The van der Waals surface area contributed by atoms with Crippen LogP contribution in [0.15, 0.2) is 42.5 Å². The summed E-state index contributed by atoms with van der Waals surface area (Å²) in [4.78, 5) is 4.31. The summed E-state index contributed by atoms with van der Waals surface area (Å²) in [5.41, 5.74) is 8.85. The molecule has 6 heteroatoms. The molecule has 108 valence electrons. The maximum absolute atomic E-state index is 12.5. The van der Waals surface area contributed by atoms with Crippen molar-refractivity contribution in [3.63, 3.8) is 0 Å². The topological polar surface area (TPSA) is 53.1 Å². The lowest BCUT2D eigenvalue weighted by Gasteiger charge is -2.13. The second-order valence-corrected chi connectivity index (χ2v) is 4.59. The van der Waals surface area contributed by atoms with Gasteiger partial charge in [-0.1, -0.05) is 24.3 Å². The van der Waals surface area contributed by atoms with Gasteiger partial charge in [-0.05, 0) is 30.7 Å². The Morgan fingerprint density at radius 2 is 1.90 bits per heavy atom. The number of hydrogen-bond donors (Lipinski definition) is 1. The molecule has 2 aromatic carbocycles. The Kier molecular flexibility index (Phi) is 3.21. The summed E-state index contributed by atoms with van der Waals surface area (Å²) in [5.74, 6) is 0.282. The largest absolute Gasteiger partial charge is 0.433 e. The third kappa shape index (κ3) is 2.29. The highest BCUT2D eigenvalue weighted by Gasteiger charge is 2.16. The Morgan fingerprint density at radius 1 is 1.14 bits per heavy atom. The maximum atomic E-state index is 12.5. The van der Waals surface area contributed by atoms with Crippen LogP contribution < -0.4 is 10.5 Å². The van der Waals surface area contributed by atoms with Crippen molar-refractivity contribution in [3.8, 4) is 11.4 Å². The number of rotatable bonds is 3. The molecule has 3 rings (SSSR count). The van der Waals surface area contributed by atoms with Crippen LogP contribution in [0.5, 0.6) is 5.75 Å².